The number of hydrogen-bond acceptors (Lipinski definition) is 4. The average Bonchev–Trinajstić information content (AvgIpc) is 2.62. The summed E-state index contributed by atoms with van der Waals surface area (Å²) < 4.78 is 30.8. The van der Waals surface area contributed by atoms with Gasteiger partial charge in [-0.15, -0.1) is 0 Å². The quantitative estimate of drug-likeness (QED) is 0.637. The fourth-order valence-corrected chi connectivity index (χ4v) is 4.35. The lowest BCUT2D eigenvalue weighted by Gasteiger charge is -2.24. The Morgan fingerprint density at radius 3 is 2.28 bits per heavy atom. The van der Waals surface area contributed by atoms with Crippen LogP contribution in [0.5, 0.6) is 5.75 Å². The molecule has 0 aromatic heterocycles. The van der Waals surface area contributed by atoms with E-state index in [2.05, 4.69) is 5.32 Å². The number of anilines is 1. The third kappa shape index (κ3) is 6.26. The van der Waals surface area contributed by atoms with Gasteiger partial charge in [0.2, 0.25) is 15.9 Å². The largest absolute Gasteiger partial charge is 0.496 e. The standard InChI is InChI=1S/C20H24Cl2N2O4S/c1-5-18(14-6-7-19(28-3)13(2)8-14)23-20(25)12-24(29(4,26)27)17-10-15(21)9-16(22)11-17/h6-11,18H,5,12H2,1-4H3,(H,23,25). The number of methoxy groups -OCH3 is 1. The molecule has 0 aliphatic heterocycles. The number of halogens is 2. The van der Waals surface area contributed by atoms with Crippen molar-refractivity contribution in [3.63, 3.8) is 0 Å². The van der Waals surface area contributed by atoms with Crippen LogP contribution in [0.25, 0.3) is 0 Å². The number of nitrogens with zero attached hydrogens (tertiary/aromatic N) is 1. The molecule has 2 aromatic carbocycles. The Morgan fingerprint density at radius 2 is 1.79 bits per heavy atom. The predicted octanol–water partition coefficient (Wildman–Crippen LogP) is 4.34. The summed E-state index contributed by atoms with van der Waals surface area (Å²) in [4.78, 5) is 12.7. The highest BCUT2D eigenvalue weighted by atomic mass is 35.5. The number of aryl methyl sites for hydroxylation is 1. The van der Waals surface area contributed by atoms with Crippen LogP contribution in [0, 0.1) is 6.92 Å². The van der Waals surface area contributed by atoms with E-state index in [1.165, 1.54) is 18.2 Å². The lowest BCUT2D eigenvalue weighted by Crippen LogP contribution is -2.41. The average molecular weight is 459 g/mol. The fourth-order valence-electron chi connectivity index (χ4n) is 2.99. The second kappa shape index (κ2) is 9.69. The van der Waals surface area contributed by atoms with Crippen molar-refractivity contribution in [3.05, 3.63) is 57.6 Å². The van der Waals surface area contributed by atoms with Gasteiger partial charge in [0.25, 0.3) is 0 Å². The number of rotatable bonds is 8. The zero-order valence-electron chi connectivity index (χ0n) is 16.7. The highest BCUT2D eigenvalue weighted by Gasteiger charge is 2.23. The molecule has 29 heavy (non-hydrogen) atoms. The molecule has 0 heterocycles. The van der Waals surface area contributed by atoms with Crippen molar-refractivity contribution >= 4 is 44.8 Å². The van der Waals surface area contributed by atoms with E-state index in [-0.39, 0.29) is 28.3 Å². The van der Waals surface area contributed by atoms with Gasteiger partial charge in [-0.25, -0.2) is 8.42 Å². The SMILES string of the molecule is CCC(NC(=O)CN(c1cc(Cl)cc(Cl)c1)S(C)(=O)=O)c1ccc(OC)c(C)c1. The number of carbonyl (C=O) groups excluding carboxylic acids is 1. The van der Waals surface area contributed by atoms with E-state index in [1.54, 1.807) is 7.11 Å². The maximum absolute atomic E-state index is 12.7. The Morgan fingerprint density at radius 1 is 1.17 bits per heavy atom. The summed E-state index contributed by atoms with van der Waals surface area (Å²) in [5.74, 6) is 0.322. The summed E-state index contributed by atoms with van der Waals surface area (Å²) >= 11 is 12.0. The molecule has 1 unspecified atom stereocenters. The monoisotopic (exact) mass is 458 g/mol. The van der Waals surface area contributed by atoms with Crippen LogP contribution in [0.4, 0.5) is 5.69 Å². The van der Waals surface area contributed by atoms with Crippen LogP contribution < -0.4 is 14.4 Å². The second-order valence-electron chi connectivity index (χ2n) is 6.65. The molecule has 0 fully saturated rings. The molecule has 2 aromatic rings. The van der Waals surface area contributed by atoms with E-state index < -0.39 is 15.9 Å². The summed E-state index contributed by atoms with van der Waals surface area (Å²) in [5, 5.41) is 3.46. The van der Waals surface area contributed by atoms with Crippen LogP contribution in [-0.2, 0) is 14.8 Å². The van der Waals surface area contributed by atoms with E-state index in [0.717, 1.165) is 27.4 Å². The normalized spacial score (nSPS) is 12.3. The number of sulfonamides is 1. The molecule has 0 bridgehead atoms. The zero-order valence-corrected chi connectivity index (χ0v) is 19.0. The minimum absolute atomic E-state index is 0.230. The molecule has 2 rings (SSSR count). The van der Waals surface area contributed by atoms with Crippen LogP contribution in [0.3, 0.4) is 0 Å². The van der Waals surface area contributed by atoms with E-state index in [1.807, 2.05) is 32.0 Å². The summed E-state index contributed by atoms with van der Waals surface area (Å²) in [6, 6.07) is 9.79. The molecule has 158 valence electrons. The number of benzene rings is 2. The van der Waals surface area contributed by atoms with Gasteiger partial charge in [-0.1, -0.05) is 42.3 Å². The van der Waals surface area contributed by atoms with Crippen LogP contribution in [0.15, 0.2) is 36.4 Å². The molecule has 0 spiro atoms. The van der Waals surface area contributed by atoms with Gasteiger partial charge < -0.3 is 10.1 Å². The van der Waals surface area contributed by atoms with Gasteiger partial charge in [-0.3, -0.25) is 9.10 Å². The van der Waals surface area contributed by atoms with Crippen molar-refractivity contribution < 1.29 is 17.9 Å². The highest BCUT2D eigenvalue weighted by molar-refractivity contribution is 7.92. The molecule has 0 saturated heterocycles. The van der Waals surface area contributed by atoms with Gasteiger partial charge in [-0.2, -0.15) is 0 Å². The maximum Gasteiger partial charge on any atom is 0.241 e. The number of nitrogens with one attached hydrogen (secondary N) is 1. The lowest BCUT2D eigenvalue weighted by atomic mass is 10.0. The Balaban J connectivity index is 2.23. The molecule has 1 amide bonds. The van der Waals surface area contributed by atoms with Crippen molar-refractivity contribution in [2.24, 2.45) is 0 Å². The van der Waals surface area contributed by atoms with Gasteiger partial charge in [0.1, 0.15) is 12.3 Å². The van der Waals surface area contributed by atoms with E-state index >= 15 is 0 Å². The minimum atomic E-state index is -3.73. The molecule has 1 N–H and O–H groups in total. The zero-order chi connectivity index (χ0) is 21.8. The maximum atomic E-state index is 12.7. The van der Waals surface area contributed by atoms with E-state index in [0.29, 0.717) is 6.42 Å². The first-order valence-corrected chi connectivity index (χ1v) is 11.5. The fraction of sp³-hybridized carbons (Fsp3) is 0.350. The van der Waals surface area contributed by atoms with Crippen LogP contribution in [0.1, 0.15) is 30.5 Å². The molecule has 0 aliphatic carbocycles. The van der Waals surface area contributed by atoms with Gasteiger partial charge in [0.15, 0.2) is 0 Å². The first-order valence-electron chi connectivity index (χ1n) is 8.92. The van der Waals surface area contributed by atoms with E-state index in [9.17, 15) is 13.2 Å². The van der Waals surface area contributed by atoms with Gasteiger partial charge in [0.05, 0.1) is 25.1 Å². The summed E-state index contributed by atoms with van der Waals surface area (Å²) in [5.41, 5.74) is 2.09. The van der Waals surface area contributed by atoms with Gasteiger partial charge in [0, 0.05) is 10.0 Å². The molecule has 0 saturated carbocycles. The molecule has 9 heteroatoms. The smallest absolute Gasteiger partial charge is 0.241 e. The minimum Gasteiger partial charge on any atom is -0.496 e. The molecular weight excluding hydrogens is 435 g/mol. The van der Waals surface area contributed by atoms with Gasteiger partial charge >= 0.3 is 0 Å². The molecule has 1 atom stereocenters. The number of ether oxygens (including phenoxy) is 1. The molecule has 0 aliphatic rings. The highest BCUT2D eigenvalue weighted by Crippen LogP contribution is 2.27. The number of hydrogen-bond donors (Lipinski definition) is 1. The number of amides is 1. The molecule has 6 nitrogen and oxygen atoms in total. The van der Waals surface area contributed by atoms with E-state index in [4.69, 9.17) is 27.9 Å². The van der Waals surface area contributed by atoms with Crippen molar-refractivity contribution in [1.82, 2.24) is 5.32 Å². The Kier molecular flexibility index (Phi) is 7.80. The van der Waals surface area contributed by atoms with Crippen molar-refractivity contribution in [1.29, 1.82) is 0 Å². The lowest BCUT2D eigenvalue weighted by molar-refractivity contribution is -0.120. The third-order valence-electron chi connectivity index (χ3n) is 4.39. The third-order valence-corrected chi connectivity index (χ3v) is 5.96. The topological polar surface area (TPSA) is 75.7 Å². The second-order valence-corrected chi connectivity index (χ2v) is 9.43. The van der Waals surface area contributed by atoms with Crippen molar-refractivity contribution in [3.8, 4) is 5.75 Å². The first-order chi connectivity index (χ1) is 13.5. The predicted molar refractivity (Wildman–Crippen MR) is 118 cm³/mol. The van der Waals surface area contributed by atoms with Gasteiger partial charge in [-0.05, 0) is 48.7 Å². The summed E-state index contributed by atoms with van der Waals surface area (Å²) in [6.45, 7) is 3.47. The van der Waals surface area contributed by atoms with Crippen LogP contribution in [-0.4, -0.2) is 34.2 Å². The molecule has 0 radical (unpaired) electrons. The molecular formula is C20H24Cl2N2O4S. The summed E-state index contributed by atoms with van der Waals surface area (Å²) in [6.07, 6.45) is 1.67. The summed E-state index contributed by atoms with van der Waals surface area (Å²) in [7, 11) is -2.13. The van der Waals surface area contributed by atoms with Crippen molar-refractivity contribution in [2.75, 3.05) is 24.2 Å². The van der Waals surface area contributed by atoms with Crippen LogP contribution >= 0.6 is 23.2 Å². The Hall–Kier alpha value is -1.96. The Labute approximate surface area is 181 Å². The van der Waals surface area contributed by atoms with Crippen LogP contribution in [0.2, 0.25) is 10.0 Å². The first kappa shape index (κ1) is 23.3. The van der Waals surface area contributed by atoms with Crippen molar-refractivity contribution in [2.45, 2.75) is 26.3 Å². The Bertz CT molecular complexity index is 976. The number of carbonyl (C=O) groups is 1.